The molecule has 0 saturated carbocycles. The van der Waals surface area contributed by atoms with E-state index in [1.54, 1.807) is 0 Å². The Labute approximate surface area is 108 Å². The number of rotatable bonds is 5. The Kier molecular flexibility index (Phi) is 5.46. The minimum atomic E-state index is 0.322. The first-order chi connectivity index (χ1) is 7.91. The van der Waals surface area contributed by atoms with Gasteiger partial charge in [-0.25, -0.2) is 0 Å². The van der Waals surface area contributed by atoms with Gasteiger partial charge in [0.2, 0.25) is 0 Å². The molecule has 1 aliphatic rings. The standard InChI is InChI=1S/C15H32N2/c1-7-14-9-16-15(6,8-2)11-17(14)10-13(5)12(3)4/h12-14,16H,7-11H2,1-6H3. The monoisotopic (exact) mass is 240 g/mol. The van der Waals surface area contributed by atoms with Gasteiger partial charge in [-0.3, -0.25) is 4.90 Å². The summed E-state index contributed by atoms with van der Waals surface area (Å²) in [4.78, 5) is 2.73. The fourth-order valence-corrected chi connectivity index (χ4v) is 2.56. The Morgan fingerprint density at radius 1 is 1.29 bits per heavy atom. The molecule has 3 atom stereocenters. The van der Waals surface area contributed by atoms with Crippen molar-refractivity contribution in [2.24, 2.45) is 11.8 Å². The van der Waals surface area contributed by atoms with Crippen molar-refractivity contribution in [3.8, 4) is 0 Å². The predicted molar refractivity (Wildman–Crippen MR) is 76.4 cm³/mol. The van der Waals surface area contributed by atoms with Gasteiger partial charge < -0.3 is 5.32 Å². The van der Waals surface area contributed by atoms with E-state index in [1.165, 1.54) is 25.9 Å². The summed E-state index contributed by atoms with van der Waals surface area (Å²) in [6, 6.07) is 0.732. The van der Waals surface area contributed by atoms with Crippen LogP contribution < -0.4 is 5.32 Å². The summed E-state index contributed by atoms with van der Waals surface area (Å²) in [5, 5.41) is 3.74. The first-order valence-corrected chi connectivity index (χ1v) is 7.41. The zero-order valence-electron chi connectivity index (χ0n) is 12.7. The molecule has 102 valence electrons. The van der Waals surface area contributed by atoms with E-state index >= 15 is 0 Å². The average Bonchev–Trinajstić information content (AvgIpc) is 2.29. The van der Waals surface area contributed by atoms with Crippen molar-refractivity contribution in [2.45, 2.75) is 66.0 Å². The van der Waals surface area contributed by atoms with Gasteiger partial charge in [-0.05, 0) is 31.6 Å². The van der Waals surface area contributed by atoms with Crippen molar-refractivity contribution < 1.29 is 0 Å². The number of hydrogen-bond donors (Lipinski definition) is 1. The molecule has 1 rings (SSSR count). The summed E-state index contributed by atoms with van der Waals surface area (Å²) in [6.07, 6.45) is 2.48. The lowest BCUT2D eigenvalue weighted by Gasteiger charge is -2.47. The normalized spacial score (nSPS) is 33.0. The molecule has 1 saturated heterocycles. The lowest BCUT2D eigenvalue weighted by molar-refractivity contribution is 0.0631. The molecule has 0 amide bonds. The van der Waals surface area contributed by atoms with Gasteiger partial charge >= 0.3 is 0 Å². The average molecular weight is 240 g/mol. The van der Waals surface area contributed by atoms with Crippen LogP contribution in [0.1, 0.15) is 54.4 Å². The fraction of sp³-hybridized carbons (Fsp3) is 1.00. The van der Waals surface area contributed by atoms with Crippen LogP contribution in [0, 0.1) is 11.8 Å². The smallest absolute Gasteiger partial charge is 0.0278 e. The third kappa shape index (κ3) is 3.96. The molecule has 2 nitrogen and oxygen atoms in total. The molecule has 0 spiro atoms. The zero-order valence-corrected chi connectivity index (χ0v) is 12.7. The Hall–Kier alpha value is -0.0800. The van der Waals surface area contributed by atoms with E-state index in [2.05, 4.69) is 51.8 Å². The minimum Gasteiger partial charge on any atom is -0.309 e. The van der Waals surface area contributed by atoms with Crippen LogP contribution in [-0.4, -0.2) is 36.1 Å². The van der Waals surface area contributed by atoms with Gasteiger partial charge in [-0.1, -0.05) is 34.6 Å². The SMILES string of the molecule is CCC1CNC(C)(CC)CN1CC(C)C(C)C. The Morgan fingerprint density at radius 3 is 2.41 bits per heavy atom. The van der Waals surface area contributed by atoms with Crippen molar-refractivity contribution in [3.63, 3.8) is 0 Å². The molecule has 17 heavy (non-hydrogen) atoms. The van der Waals surface area contributed by atoms with Crippen molar-refractivity contribution in [1.82, 2.24) is 10.2 Å². The Morgan fingerprint density at radius 2 is 1.94 bits per heavy atom. The largest absolute Gasteiger partial charge is 0.309 e. The maximum absolute atomic E-state index is 3.74. The lowest BCUT2D eigenvalue weighted by Crippen LogP contribution is -2.63. The van der Waals surface area contributed by atoms with Crippen LogP contribution in [0.2, 0.25) is 0 Å². The van der Waals surface area contributed by atoms with Crippen LogP contribution in [0.4, 0.5) is 0 Å². The van der Waals surface area contributed by atoms with Crippen LogP contribution >= 0.6 is 0 Å². The number of nitrogens with one attached hydrogen (secondary N) is 1. The molecular formula is C15H32N2. The minimum absolute atomic E-state index is 0.322. The third-order valence-electron chi connectivity index (χ3n) is 4.75. The van der Waals surface area contributed by atoms with E-state index in [1.807, 2.05) is 0 Å². The topological polar surface area (TPSA) is 15.3 Å². The molecule has 0 radical (unpaired) electrons. The first kappa shape index (κ1) is 15.0. The molecule has 3 unspecified atom stereocenters. The summed E-state index contributed by atoms with van der Waals surface area (Å²) < 4.78 is 0. The van der Waals surface area contributed by atoms with Gasteiger partial charge in [0.15, 0.2) is 0 Å². The van der Waals surface area contributed by atoms with E-state index in [0.717, 1.165) is 24.4 Å². The van der Waals surface area contributed by atoms with E-state index in [9.17, 15) is 0 Å². The maximum Gasteiger partial charge on any atom is 0.0278 e. The molecule has 1 heterocycles. The van der Waals surface area contributed by atoms with Gasteiger partial charge in [0.05, 0.1) is 0 Å². The molecule has 1 N–H and O–H groups in total. The van der Waals surface area contributed by atoms with Gasteiger partial charge in [0, 0.05) is 31.2 Å². The quantitative estimate of drug-likeness (QED) is 0.794. The molecule has 0 aromatic rings. The number of hydrogen-bond acceptors (Lipinski definition) is 2. The molecule has 0 aromatic carbocycles. The second kappa shape index (κ2) is 6.19. The first-order valence-electron chi connectivity index (χ1n) is 7.41. The van der Waals surface area contributed by atoms with E-state index in [4.69, 9.17) is 0 Å². The van der Waals surface area contributed by atoms with Gasteiger partial charge in [0.25, 0.3) is 0 Å². The van der Waals surface area contributed by atoms with Crippen LogP contribution in [0.3, 0.4) is 0 Å². The van der Waals surface area contributed by atoms with Crippen LogP contribution in [0.5, 0.6) is 0 Å². The van der Waals surface area contributed by atoms with Crippen molar-refractivity contribution >= 4 is 0 Å². The molecule has 0 bridgehead atoms. The zero-order chi connectivity index (χ0) is 13.1. The molecule has 2 heteroatoms. The highest BCUT2D eigenvalue weighted by Crippen LogP contribution is 2.23. The molecule has 1 aliphatic heterocycles. The predicted octanol–water partition coefficient (Wildman–Crippen LogP) is 3.13. The molecule has 1 fully saturated rings. The summed E-state index contributed by atoms with van der Waals surface area (Å²) in [5.74, 6) is 1.58. The summed E-state index contributed by atoms with van der Waals surface area (Å²) in [5.41, 5.74) is 0.322. The van der Waals surface area contributed by atoms with Crippen molar-refractivity contribution in [2.75, 3.05) is 19.6 Å². The van der Waals surface area contributed by atoms with E-state index in [-0.39, 0.29) is 0 Å². The third-order valence-corrected chi connectivity index (χ3v) is 4.75. The van der Waals surface area contributed by atoms with Gasteiger partial charge in [-0.2, -0.15) is 0 Å². The summed E-state index contributed by atoms with van der Waals surface area (Å²) >= 11 is 0. The van der Waals surface area contributed by atoms with Crippen molar-refractivity contribution in [3.05, 3.63) is 0 Å². The van der Waals surface area contributed by atoms with Crippen LogP contribution in [0.15, 0.2) is 0 Å². The van der Waals surface area contributed by atoms with E-state index in [0.29, 0.717) is 5.54 Å². The molecule has 0 aliphatic carbocycles. The van der Waals surface area contributed by atoms with Gasteiger partial charge in [-0.15, -0.1) is 0 Å². The Balaban J connectivity index is 2.63. The number of nitrogens with zero attached hydrogens (tertiary/aromatic N) is 1. The highest BCUT2D eigenvalue weighted by molar-refractivity contribution is 4.94. The second-order valence-electron chi connectivity index (χ2n) is 6.51. The van der Waals surface area contributed by atoms with Crippen LogP contribution in [0.25, 0.3) is 0 Å². The van der Waals surface area contributed by atoms with Crippen LogP contribution in [-0.2, 0) is 0 Å². The number of piperazine rings is 1. The summed E-state index contributed by atoms with van der Waals surface area (Å²) in [6.45, 7) is 17.7. The van der Waals surface area contributed by atoms with Crippen molar-refractivity contribution in [1.29, 1.82) is 0 Å². The lowest BCUT2D eigenvalue weighted by atomic mass is 9.90. The second-order valence-corrected chi connectivity index (χ2v) is 6.51. The summed E-state index contributed by atoms with van der Waals surface area (Å²) in [7, 11) is 0. The highest BCUT2D eigenvalue weighted by atomic mass is 15.2. The fourth-order valence-electron chi connectivity index (χ4n) is 2.56. The van der Waals surface area contributed by atoms with E-state index < -0.39 is 0 Å². The highest BCUT2D eigenvalue weighted by Gasteiger charge is 2.34. The molecular weight excluding hydrogens is 208 g/mol. The Bertz CT molecular complexity index is 227. The molecule has 0 aromatic heterocycles. The maximum atomic E-state index is 3.74. The van der Waals surface area contributed by atoms with Gasteiger partial charge in [0.1, 0.15) is 0 Å².